The Hall–Kier alpha value is -3.88. The Bertz CT molecular complexity index is 1340. The number of nitrogens with zero attached hydrogens (tertiary/aromatic N) is 3. The van der Waals surface area contributed by atoms with Gasteiger partial charge in [0.05, 0.1) is 18.5 Å². The van der Waals surface area contributed by atoms with E-state index in [1.165, 1.54) is 17.9 Å². The lowest BCUT2D eigenvalue weighted by atomic mass is 10.2. The van der Waals surface area contributed by atoms with Gasteiger partial charge in [0.15, 0.2) is 17.2 Å². The molecule has 1 fully saturated rings. The molecule has 1 saturated carbocycles. The summed E-state index contributed by atoms with van der Waals surface area (Å²) in [6.07, 6.45) is 2.32. The van der Waals surface area contributed by atoms with Crippen LogP contribution in [0.5, 0.6) is 5.75 Å². The summed E-state index contributed by atoms with van der Waals surface area (Å²) >= 11 is 0. The van der Waals surface area contributed by atoms with Crippen molar-refractivity contribution < 1.29 is 9.13 Å². The third-order valence-corrected chi connectivity index (χ3v) is 5.27. The summed E-state index contributed by atoms with van der Waals surface area (Å²) in [6.45, 7) is 0. The van der Waals surface area contributed by atoms with Crippen LogP contribution >= 0.6 is 0 Å². The van der Waals surface area contributed by atoms with Gasteiger partial charge in [-0.2, -0.15) is 0 Å². The monoisotopic (exact) mass is 420 g/mol. The van der Waals surface area contributed by atoms with Crippen LogP contribution in [0, 0.1) is 5.82 Å². The zero-order valence-electron chi connectivity index (χ0n) is 17.1. The van der Waals surface area contributed by atoms with E-state index in [4.69, 9.17) is 4.74 Å². The smallest absolute Gasteiger partial charge is 0.277 e. The number of rotatable bonds is 6. The average Bonchev–Trinajstić information content (AvgIpc) is 3.55. The van der Waals surface area contributed by atoms with Crippen molar-refractivity contribution in [2.45, 2.75) is 18.8 Å². The first-order chi connectivity index (χ1) is 15.0. The van der Waals surface area contributed by atoms with Crippen LogP contribution in [0.25, 0.3) is 11.0 Å². The number of aromatic nitrogens is 4. The van der Waals surface area contributed by atoms with E-state index in [1.807, 2.05) is 18.2 Å². The largest absolute Gasteiger partial charge is 0.492 e. The van der Waals surface area contributed by atoms with E-state index < -0.39 is 5.82 Å². The molecule has 0 amide bonds. The van der Waals surface area contributed by atoms with E-state index in [1.54, 1.807) is 25.2 Å². The predicted octanol–water partition coefficient (Wildman–Crippen LogP) is 4.17. The minimum atomic E-state index is -0.501. The van der Waals surface area contributed by atoms with Gasteiger partial charge in [-0.15, -0.1) is 0 Å². The maximum absolute atomic E-state index is 14.2. The lowest BCUT2D eigenvalue weighted by Gasteiger charge is -2.13. The molecule has 0 bridgehead atoms. The zero-order chi connectivity index (χ0) is 21.5. The van der Waals surface area contributed by atoms with Gasteiger partial charge in [-0.3, -0.25) is 14.6 Å². The summed E-state index contributed by atoms with van der Waals surface area (Å²) in [7, 11) is 3.01. The highest BCUT2D eigenvalue weighted by Gasteiger charge is 2.25. The Morgan fingerprint density at radius 1 is 1.10 bits per heavy atom. The fraction of sp³-hybridized carbons (Fsp3) is 0.227. The van der Waals surface area contributed by atoms with Crippen molar-refractivity contribution in [2.75, 3.05) is 17.7 Å². The average molecular weight is 420 g/mol. The molecule has 1 aromatic carbocycles. The van der Waals surface area contributed by atoms with Gasteiger partial charge in [0.25, 0.3) is 5.56 Å². The number of para-hydroxylation sites is 1. The van der Waals surface area contributed by atoms with Crippen molar-refractivity contribution in [3.05, 3.63) is 64.3 Å². The summed E-state index contributed by atoms with van der Waals surface area (Å²) in [5.74, 6) is 1.25. The van der Waals surface area contributed by atoms with Gasteiger partial charge >= 0.3 is 0 Å². The molecule has 31 heavy (non-hydrogen) atoms. The van der Waals surface area contributed by atoms with Crippen LogP contribution < -0.4 is 20.9 Å². The van der Waals surface area contributed by atoms with Crippen LogP contribution in [0.1, 0.15) is 24.5 Å². The van der Waals surface area contributed by atoms with Gasteiger partial charge in [-0.25, -0.2) is 14.4 Å². The molecule has 1 aliphatic rings. The lowest BCUT2D eigenvalue weighted by molar-refractivity contribution is 0.388. The van der Waals surface area contributed by atoms with Gasteiger partial charge in [0, 0.05) is 24.7 Å². The Morgan fingerprint density at radius 2 is 1.90 bits per heavy atom. The molecular formula is C22H21FN6O2. The summed E-state index contributed by atoms with van der Waals surface area (Å²) in [5, 5.41) is 9.65. The Labute approximate surface area is 177 Å². The zero-order valence-corrected chi connectivity index (χ0v) is 17.1. The molecule has 8 nitrogen and oxygen atoms in total. The van der Waals surface area contributed by atoms with Crippen molar-refractivity contribution in [3.63, 3.8) is 0 Å². The first kappa shape index (κ1) is 19.1. The van der Waals surface area contributed by atoms with E-state index in [0.29, 0.717) is 40.0 Å². The minimum Gasteiger partial charge on any atom is -0.492 e. The molecule has 5 rings (SSSR count). The van der Waals surface area contributed by atoms with Gasteiger partial charge in [-0.1, -0.05) is 12.1 Å². The van der Waals surface area contributed by atoms with Crippen LogP contribution in [-0.4, -0.2) is 26.9 Å². The fourth-order valence-corrected chi connectivity index (χ4v) is 3.60. The van der Waals surface area contributed by atoms with Gasteiger partial charge in [0.1, 0.15) is 17.0 Å². The standard InChI is InChI=1S/C22H21FN6O2/c1-29-22(30)19-16(24-15-7-3-5-13(23)20(15)31-2)11-18(27-21(19)28-29)26-17-8-4-6-14(25-17)12-9-10-12/h3-8,11-12H,9-10H2,1-2H3,(H3,24,25,26,27,28). The number of fused-ring (bicyclic) bond motifs is 1. The first-order valence-electron chi connectivity index (χ1n) is 9.96. The number of nitrogens with one attached hydrogen (secondary N) is 3. The normalized spacial score (nSPS) is 13.4. The van der Waals surface area contributed by atoms with Crippen molar-refractivity contribution >= 4 is 34.0 Å². The molecule has 0 saturated heterocycles. The molecule has 0 aliphatic heterocycles. The maximum Gasteiger partial charge on any atom is 0.277 e. The number of H-pyrrole nitrogens is 1. The topological polar surface area (TPSA) is 96.9 Å². The molecule has 3 aromatic heterocycles. The van der Waals surface area contributed by atoms with E-state index >= 15 is 0 Å². The fourth-order valence-electron chi connectivity index (χ4n) is 3.60. The number of aromatic amines is 1. The molecule has 3 heterocycles. The molecular weight excluding hydrogens is 399 g/mol. The quantitative estimate of drug-likeness (QED) is 0.433. The molecule has 0 atom stereocenters. The number of benzene rings is 1. The number of aryl methyl sites for hydroxylation is 1. The SMILES string of the molecule is COc1c(F)cccc1Nc1cc(Nc2cccc(C3CC3)n2)nc2[nH]n(C)c(=O)c12. The number of halogens is 1. The van der Waals surface area contributed by atoms with Crippen LogP contribution in [0.2, 0.25) is 0 Å². The molecule has 158 valence electrons. The lowest BCUT2D eigenvalue weighted by Crippen LogP contribution is -2.12. The number of hydrogen-bond acceptors (Lipinski definition) is 6. The molecule has 3 N–H and O–H groups in total. The number of methoxy groups -OCH3 is 1. The highest BCUT2D eigenvalue weighted by atomic mass is 19.1. The van der Waals surface area contributed by atoms with E-state index in [9.17, 15) is 9.18 Å². The third-order valence-electron chi connectivity index (χ3n) is 5.27. The first-order valence-corrected chi connectivity index (χ1v) is 9.96. The summed E-state index contributed by atoms with van der Waals surface area (Å²) in [6, 6.07) is 12.1. The second-order valence-electron chi connectivity index (χ2n) is 7.55. The highest BCUT2D eigenvalue weighted by Crippen LogP contribution is 2.39. The van der Waals surface area contributed by atoms with Crippen molar-refractivity contribution in [1.29, 1.82) is 0 Å². The Kier molecular flexibility index (Phi) is 4.58. The van der Waals surface area contributed by atoms with Crippen LogP contribution in [0.3, 0.4) is 0 Å². The summed E-state index contributed by atoms with van der Waals surface area (Å²) in [5.41, 5.74) is 2.08. The summed E-state index contributed by atoms with van der Waals surface area (Å²) < 4.78 is 20.7. The number of anilines is 4. The number of hydrogen-bond donors (Lipinski definition) is 3. The van der Waals surface area contributed by atoms with E-state index in [0.717, 1.165) is 18.5 Å². The van der Waals surface area contributed by atoms with Crippen LogP contribution in [0.15, 0.2) is 47.3 Å². The predicted molar refractivity (Wildman–Crippen MR) is 117 cm³/mol. The van der Waals surface area contributed by atoms with E-state index in [2.05, 4.69) is 25.7 Å². The van der Waals surface area contributed by atoms with Crippen molar-refractivity contribution in [3.8, 4) is 5.75 Å². The van der Waals surface area contributed by atoms with E-state index in [-0.39, 0.29) is 11.3 Å². The second-order valence-corrected chi connectivity index (χ2v) is 7.55. The van der Waals surface area contributed by atoms with Crippen LogP contribution in [-0.2, 0) is 7.05 Å². The molecule has 9 heteroatoms. The number of ether oxygens (including phenoxy) is 1. The molecule has 0 spiro atoms. The molecule has 0 unspecified atom stereocenters. The Balaban J connectivity index is 1.58. The number of pyridine rings is 2. The third kappa shape index (κ3) is 3.58. The highest BCUT2D eigenvalue weighted by molar-refractivity contribution is 5.93. The Morgan fingerprint density at radius 3 is 2.68 bits per heavy atom. The van der Waals surface area contributed by atoms with Gasteiger partial charge in [-0.05, 0) is 37.1 Å². The minimum absolute atomic E-state index is 0.0631. The van der Waals surface area contributed by atoms with Crippen molar-refractivity contribution in [1.82, 2.24) is 19.7 Å². The molecule has 4 aromatic rings. The molecule has 0 radical (unpaired) electrons. The maximum atomic E-state index is 14.2. The second kappa shape index (κ2) is 7.42. The molecule has 1 aliphatic carbocycles. The van der Waals surface area contributed by atoms with Crippen molar-refractivity contribution in [2.24, 2.45) is 7.05 Å². The summed E-state index contributed by atoms with van der Waals surface area (Å²) in [4.78, 5) is 21.9. The van der Waals surface area contributed by atoms with Gasteiger partial charge in [0.2, 0.25) is 0 Å². The van der Waals surface area contributed by atoms with Crippen LogP contribution in [0.4, 0.5) is 27.4 Å². The van der Waals surface area contributed by atoms with Gasteiger partial charge < -0.3 is 15.4 Å².